The Morgan fingerprint density at radius 3 is 2.33 bits per heavy atom. The summed E-state index contributed by atoms with van der Waals surface area (Å²) in [6, 6.07) is 27.8. The van der Waals surface area contributed by atoms with Gasteiger partial charge in [-0.1, -0.05) is 66.2 Å². The standard InChI is InChI=1S/C35H31NO6/c1-4-41-35(40)27-14-9-15-28(20-27)36-31(25-13-8-10-22(2)18-25)30(33(38)34(36)39)32(37)26-16-17-29(23(3)19-26)42-21-24-11-6-5-7-12-24/h5-20,31,37H,4,21H2,1-3H3/b32-30+. The monoisotopic (exact) mass is 561 g/mol. The van der Waals surface area contributed by atoms with E-state index in [2.05, 4.69) is 0 Å². The molecule has 0 aromatic heterocycles. The van der Waals surface area contributed by atoms with Crippen LogP contribution in [0.2, 0.25) is 0 Å². The minimum Gasteiger partial charge on any atom is -0.507 e. The Hall–Kier alpha value is -5.17. The first-order chi connectivity index (χ1) is 20.3. The van der Waals surface area contributed by atoms with Gasteiger partial charge in [0.2, 0.25) is 0 Å². The lowest BCUT2D eigenvalue weighted by Crippen LogP contribution is -2.29. The molecule has 1 amide bonds. The summed E-state index contributed by atoms with van der Waals surface area (Å²) in [5.41, 5.74) is 4.30. The molecule has 1 aliphatic rings. The van der Waals surface area contributed by atoms with Gasteiger partial charge in [-0.25, -0.2) is 4.79 Å². The molecule has 1 aliphatic heterocycles. The van der Waals surface area contributed by atoms with E-state index < -0.39 is 23.7 Å². The number of hydrogen-bond donors (Lipinski definition) is 1. The van der Waals surface area contributed by atoms with Crippen LogP contribution in [0.5, 0.6) is 5.75 Å². The minimum atomic E-state index is -0.920. The van der Waals surface area contributed by atoms with Crippen LogP contribution in [0, 0.1) is 13.8 Å². The highest BCUT2D eigenvalue weighted by Crippen LogP contribution is 2.43. The summed E-state index contributed by atoms with van der Waals surface area (Å²) in [7, 11) is 0. The molecular weight excluding hydrogens is 530 g/mol. The number of ketones is 1. The van der Waals surface area contributed by atoms with Crippen molar-refractivity contribution in [3.8, 4) is 5.75 Å². The molecule has 0 bridgehead atoms. The van der Waals surface area contributed by atoms with E-state index in [-0.39, 0.29) is 23.5 Å². The van der Waals surface area contributed by atoms with E-state index in [0.29, 0.717) is 29.2 Å². The minimum absolute atomic E-state index is 0.0375. The maximum atomic E-state index is 13.6. The van der Waals surface area contributed by atoms with E-state index in [1.54, 1.807) is 43.3 Å². The molecule has 1 heterocycles. The van der Waals surface area contributed by atoms with E-state index in [1.165, 1.54) is 11.0 Å². The van der Waals surface area contributed by atoms with Crippen molar-refractivity contribution in [1.29, 1.82) is 0 Å². The van der Waals surface area contributed by atoms with Gasteiger partial charge in [0, 0.05) is 11.3 Å². The fourth-order valence-electron chi connectivity index (χ4n) is 5.10. The molecular formula is C35H31NO6. The molecule has 4 aromatic carbocycles. The van der Waals surface area contributed by atoms with Gasteiger partial charge >= 0.3 is 5.97 Å². The molecule has 7 nitrogen and oxygen atoms in total. The van der Waals surface area contributed by atoms with E-state index in [0.717, 1.165) is 16.7 Å². The van der Waals surface area contributed by atoms with E-state index >= 15 is 0 Å². The van der Waals surface area contributed by atoms with Crippen molar-refractivity contribution in [1.82, 2.24) is 0 Å². The number of carbonyl (C=O) groups excluding carboxylic acids is 3. The zero-order valence-corrected chi connectivity index (χ0v) is 23.7. The molecule has 0 spiro atoms. The molecule has 1 N–H and O–H groups in total. The van der Waals surface area contributed by atoms with Gasteiger partial charge in [-0.3, -0.25) is 14.5 Å². The summed E-state index contributed by atoms with van der Waals surface area (Å²) in [6.45, 7) is 6.06. The highest BCUT2D eigenvalue weighted by atomic mass is 16.5. The van der Waals surface area contributed by atoms with Gasteiger partial charge in [-0.15, -0.1) is 0 Å². The van der Waals surface area contributed by atoms with Crippen LogP contribution >= 0.6 is 0 Å². The second-order valence-electron chi connectivity index (χ2n) is 10.1. The van der Waals surface area contributed by atoms with Crippen molar-refractivity contribution < 1.29 is 29.0 Å². The number of rotatable bonds is 8. The number of Topliss-reactive ketones (excluding diaryl/α,β-unsaturated/α-hetero) is 1. The number of amides is 1. The fourth-order valence-corrected chi connectivity index (χ4v) is 5.10. The molecule has 1 unspecified atom stereocenters. The number of ether oxygens (including phenoxy) is 2. The van der Waals surface area contributed by atoms with Crippen LogP contribution in [0.1, 0.15) is 51.1 Å². The Labute approximate surface area is 244 Å². The zero-order valence-electron chi connectivity index (χ0n) is 23.7. The van der Waals surface area contributed by atoms with Crippen LogP contribution < -0.4 is 9.64 Å². The zero-order chi connectivity index (χ0) is 29.8. The van der Waals surface area contributed by atoms with Gasteiger partial charge in [0.15, 0.2) is 0 Å². The Bertz CT molecular complexity index is 1690. The van der Waals surface area contributed by atoms with Gasteiger partial charge in [-0.2, -0.15) is 0 Å². The van der Waals surface area contributed by atoms with Gasteiger partial charge < -0.3 is 14.6 Å². The molecule has 0 radical (unpaired) electrons. The summed E-state index contributed by atoms with van der Waals surface area (Å²) in [6.07, 6.45) is 0. The molecule has 212 valence electrons. The lowest BCUT2D eigenvalue weighted by Gasteiger charge is -2.26. The Kier molecular flexibility index (Phi) is 8.20. The Morgan fingerprint density at radius 1 is 0.857 bits per heavy atom. The first-order valence-corrected chi connectivity index (χ1v) is 13.7. The van der Waals surface area contributed by atoms with Crippen LogP contribution in [-0.2, 0) is 20.9 Å². The number of aliphatic hydroxyl groups excluding tert-OH is 1. The number of carbonyl (C=O) groups is 3. The van der Waals surface area contributed by atoms with Gasteiger partial charge in [0.05, 0.1) is 23.8 Å². The third kappa shape index (κ3) is 5.67. The molecule has 1 fully saturated rings. The molecule has 4 aromatic rings. The first-order valence-electron chi connectivity index (χ1n) is 13.7. The maximum absolute atomic E-state index is 13.6. The summed E-state index contributed by atoms with van der Waals surface area (Å²) >= 11 is 0. The van der Waals surface area contributed by atoms with Crippen LogP contribution in [0.4, 0.5) is 5.69 Å². The lowest BCUT2D eigenvalue weighted by molar-refractivity contribution is -0.132. The van der Waals surface area contributed by atoms with E-state index in [9.17, 15) is 19.5 Å². The lowest BCUT2D eigenvalue weighted by atomic mass is 9.93. The van der Waals surface area contributed by atoms with Crippen LogP contribution in [0.25, 0.3) is 5.76 Å². The third-order valence-electron chi connectivity index (χ3n) is 7.12. The number of benzene rings is 4. The van der Waals surface area contributed by atoms with E-state index in [4.69, 9.17) is 9.47 Å². The summed E-state index contributed by atoms with van der Waals surface area (Å²) < 4.78 is 11.1. The number of esters is 1. The number of aliphatic hydroxyl groups is 1. The second kappa shape index (κ2) is 12.1. The average molecular weight is 562 g/mol. The fraction of sp³-hybridized carbons (Fsp3) is 0.171. The number of hydrogen-bond acceptors (Lipinski definition) is 6. The first kappa shape index (κ1) is 28.4. The largest absolute Gasteiger partial charge is 0.507 e. The normalized spacial score (nSPS) is 16.0. The Morgan fingerprint density at radius 2 is 1.62 bits per heavy atom. The van der Waals surface area contributed by atoms with Crippen molar-refractivity contribution >= 4 is 29.1 Å². The molecule has 7 heteroatoms. The molecule has 0 aliphatic carbocycles. The molecule has 42 heavy (non-hydrogen) atoms. The quantitative estimate of drug-likeness (QED) is 0.112. The topological polar surface area (TPSA) is 93.1 Å². The molecule has 1 atom stereocenters. The molecule has 1 saturated heterocycles. The van der Waals surface area contributed by atoms with Crippen molar-refractivity contribution in [2.24, 2.45) is 0 Å². The summed E-state index contributed by atoms with van der Waals surface area (Å²) in [4.78, 5) is 40.9. The van der Waals surface area contributed by atoms with Crippen molar-refractivity contribution in [2.45, 2.75) is 33.4 Å². The van der Waals surface area contributed by atoms with Crippen molar-refractivity contribution in [3.63, 3.8) is 0 Å². The maximum Gasteiger partial charge on any atom is 0.338 e. The molecule has 5 rings (SSSR count). The van der Waals surface area contributed by atoms with E-state index in [1.807, 2.05) is 68.4 Å². The third-order valence-corrected chi connectivity index (χ3v) is 7.12. The van der Waals surface area contributed by atoms with Gasteiger partial charge in [0.25, 0.3) is 11.7 Å². The predicted molar refractivity (Wildman–Crippen MR) is 160 cm³/mol. The smallest absolute Gasteiger partial charge is 0.338 e. The highest BCUT2D eigenvalue weighted by Gasteiger charge is 2.47. The predicted octanol–water partition coefficient (Wildman–Crippen LogP) is 6.69. The number of aryl methyl sites for hydroxylation is 2. The number of anilines is 1. The van der Waals surface area contributed by atoms with Crippen molar-refractivity contribution in [3.05, 3.63) is 136 Å². The van der Waals surface area contributed by atoms with Gasteiger partial charge in [0.1, 0.15) is 18.1 Å². The summed E-state index contributed by atoms with van der Waals surface area (Å²) in [5, 5.41) is 11.6. The van der Waals surface area contributed by atoms with Crippen molar-refractivity contribution in [2.75, 3.05) is 11.5 Å². The SMILES string of the molecule is CCOC(=O)c1cccc(N2C(=O)C(=O)/C(=C(/O)c3ccc(OCc4ccccc4)c(C)c3)C2c2cccc(C)c2)c1. The van der Waals surface area contributed by atoms with Crippen LogP contribution in [-0.4, -0.2) is 29.4 Å². The highest BCUT2D eigenvalue weighted by molar-refractivity contribution is 6.51. The Balaban J connectivity index is 1.57. The number of nitrogens with zero attached hydrogens (tertiary/aromatic N) is 1. The van der Waals surface area contributed by atoms with Crippen LogP contribution in [0.15, 0.2) is 103 Å². The summed E-state index contributed by atoms with van der Waals surface area (Å²) in [5.74, 6) is -1.80. The van der Waals surface area contributed by atoms with Crippen LogP contribution in [0.3, 0.4) is 0 Å². The molecule has 0 saturated carbocycles. The van der Waals surface area contributed by atoms with Gasteiger partial charge in [-0.05, 0) is 73.9 Å². The average Bonchev–Trinajstić information content (AvgIpc) is 3.26. The second-order valence-corrected chi connectivity index (χ2v) is 10.1.